The van der Waals surface area contributed by atoms with Crippen molar-refractivity contribution >= 4 is 44.6 Å². The van der Waals surface area contributed by atoms with Gasteiger partial charge in [0.2, 0.25) is 6.10 Å². The Kier molecular flexibility index (Phi) is 7.62. The maximum atomic E-state index is 12.6. The second-order valence-corrected chi connectivity index (χ2v) is 7.41. The zero-order valence-corrected chi connectivity index (χ0v) is 15.3. The first-order valence-corrected chi connectivity index (χ1v) is 9.21. The smallest absolute Gasteiger partial charge is 0.426 e. The summed E-state index contributed by atoms with van der Waals surface area (Å²) in [7, 11) is -5.01. The van der Waals surface area contributed by atoms with Crippen LogP contribution in [0.25, 0.3) is 0 Å². The summed E-state index contributed by atoms with van der Waals surface area (Å²) < 4.78 is 76.8. The number of carbonyl (C=O) groups is 2. The highest BCUT2D eigenvalue weighted by Crippen LogP contribution is 2.24. The van der Waals surface area contributed by atoms with Crippen LogP contribution in [0.5, 0.6) is 0 Å². The maximum absolute atomic E-state index is 12.6. The monoisotopic (exact) mass is 496 g/mol. The Morgan fingerprint density at radius 2 is 1.92 bits per heavy atom. The molecule has 1 N–H and O–H groups in total. The van der Waals surface area contributed by atoms with Crippen LogP contribution >= 0.6 is 22.6 Å². The van der Waals surface area contributed by atoms with Crippen LogP contribution in [0, 0.1) is 3.57 Å². The average Bonchev–Trinajstić information content (AvgIpc) is 2.44. The fraction of sp³-hybridized carbons (Fsp3) is 0.385. The summed E-state index contributed by atoms with van der Waals surface area (Å²) in [5.74, 6) is -4.03. The highest BCUT2D eigenvalue weighted by Gasteiger charge is 2.45. The molecule has 0 radical (unpaired) electrons. The highest BCUT2D eigenvalue weighted by atomic mass is 127. The molecule has 0 amide bonds. The van der Waals surface area contributed by atoms with Crippen molar-refractivity contribution in [2.45, 2.75) is 18.7 Å². The van der Waals surface area contributed by atoms with E-state index in [1.165, 1.54) is 12.1 Å². The van der Waals surface area contributed by atoms with E-state index in [1.807, 2.05) is 22.6 Å². The van der Waals surface area contributed by atoms with E-state index in [1.54, 1.807) is 12.1 Å². The zero-order chi connectivity index (χ0) is 19.3. The van der Waals surface area contributed by atoms with Crippen molar-refractivity contribution in [1.82, 2.24) is 0 Å². The predicted molar refractivity (Wildman–Crippen MR) is 86.4 cm³/mol. The van der Waals surface area contributed by atoms with Gasteiger partial charge in [0.15, 0.2) is 0 Å². The lowest BCUT2D eigenvalue weighted by Gasteiger charge is -2.19. The second kappa shape index (κ2) is 8.80. The molecule has 0 aromatic heterocycles. The SMILES string of the molecule is O=C(CCOC(=O)c1cccc(I)c1)OC(CS(=O)(=O)O)C(F)(F)F. The molecule has 0 spiro atoms. The summed E-state index contributed by atoms with van der Waals surface area (Å²) >= 11 is 1.96. The number of ether oxygens (including phenoxy) is 2. The minimum absolute atomic E-state index is 0.194. The molecule has 0 aliphatic rings. The third-order valence-electron chi connectivity index (χ3n) is 2.60. The number of alkyl halides is 3. The van der Waals surface area contributed by atoms with Crippen molar-refractivity contribution in [3.8, 4) is 0 Å². The van der Waals surface area contributed by atoms with E-state index in [2.05, 4.69) is 4.74 Å². The van der Waals surface area contributed by atoms with Crippen molar-refractivity contribution in [3.63, 3.8) is 0 Å². The molecule has 1 atom stereocenters. The number of benzene rings is 1. The second-order valence-electron chi connectivity index (χ2n) is 4.66. The number of halogens is 4. The van der Waals surface area contributed by atoms with Crippen LogP contribution in [-0.4, -0.2) is 49.5 Å². The molecule has 0 aliphatic heterocycles. The van der Waals surface area contributed by atoms with Crippen LogP contribution in [0.3, 0.4) is 0 Å². The van der Waals surface area contributed by atoms with Gasteiger partial charge in [0.25, 0.3) is 10.1 Å². The van der Waals surface area contributed by atoms with E-state index in [-0.39, 0.29) is 5.56 Å². The Morgan fingerprint density at radius 3 is 2.44 bits per heavy atom. The van der Waals surface area contributed by atoms with Gasteiger partial charge in [-0.1, -0.05) is 6.07 Å². The summed E-state index contributed by atoms with van der Waals surface area (Å²) in [6.07, 6.45) is -8.90. The molecule has 1 aromatic carbocycles. The largest absolute Gasteiger partial charge is 0.461 e. The van der Waals surface area contributed by atoms with Gasteiger partial charge < -0.3 is 9.47 Å². The lowest BCUT2D eigenvalue weighted by atomic mass is 10.2. The predicted octanol–water partition coefficient (Wildman–Crippen LogP) is 2.20. The van der Waals surface area contributed by atoms with Gasteiger partial charge in [0, 0.05) is 3.57 Å². The molecule has 12 heteroatoms. The van der Waals surface area contributed by atoms with Crippen LogP contribution in [0.4, 0.5) is 13.2 Å². The summed E-state index contributed by atoms with van der Waals surface area (Å²) in [5, 5.41) is 0. The third-order valence-corrected chi connectivity index (χ3v) is 4.00. The molecule has 1 aromatic rings. The van der Waals surface area contributed by atoms with Crippen LogP contribution < -0.4 is 0 Å². The summed E-state index contributed by atoms with van der Waals surface area (Å²) in [5.41, 5.74) is 0.194. The minimum atomic E-state index is -5.18. The number of hydrogen-bond acceptors (Lipinski definition) is 6. The van der Waals surface area contributed by atoms with Gasteiger partial charge in [-0.15, -0.1) is 0 Å². The fourth-order valence-electron chi connectivity index (χ4n) is 1.53. The van der Waals surface area contributed by atoms with E-state index >= 15 is 0 Å². The third kappa shape index (κ3) is 8.49. The Hall–Kier alpha value is -1.41. The molecule has 0 aliphatic carbocycles. The molecular weight excluding hydrogens is 484 g/mol. The van der Waals surface area contributed by atoms with Crippen LogP contribution in [0.2, 0.25) is 0 Å². The molecule has 7 nitrogen and oxygen atoms in total. The lowest BCUT2D eigenvalue weighted by molar-refractivity contribution is -0.215. The summed E-state index contributed by atoms with van der Waals surface area (Å²) in [6, 6.07) is 6.28. The fourth-order valence-corrected chi connectivity index (χ4v) is 2.71. The number of rotatable bonds is 7. The number of hydrogen-bond donors (Lipinski definition) is 1. The minimum Gasteiger partial charge on any atom is -0.461 e. The number of esters is 2. The molecule has 0 bridgehead atoms. The van der Waals surface area contributed by atoms with E-state index in [9.17, 15) is 31.2 Å². The Bertz CT molecular complexity index is 733. The van der Waals surface area contributed by atoms with E-state index in [0.717, 1.165) is 3.57 Å². The Balaban J connectivity index is 2.54. The van der Waals surface area contributed by atoms with Gasteiger partial charge in [-0.2, -0.15) is 21.6 Å². The van der Waals surface area contributed by atoms with E-state index in [4.69, 9.17) is 9.29 Å². The van der Waals surface area contributed by atoms with Crippen molar-refractivity contribution in [1.29, 1.82) is 0 Å². The molecule has 0 heterocycles. The first-order valence-electron chi connectivity index (χ1n) is 6.52. The molecule has 1 rings (SSSR count). The molecule has 0 saturated carbocycles. The standard InChI is InChI=1S/C13H12F3IO7S/c14-13(15,16)10(7-25(20,21)22)24-11(18)4-5-23-12(19)8-2-1-3-9(17)6-8/h1-3,6,10H,4-5,7H2,(H,20,21,22). The number of carbonyl (C=O) groups excluding carboxylic acids is 2. The van der Waals surface area contributed by atoms with E-state index in [0.29, 0.717) is 0 Å². The maximum Gasteiger partial charge on any atom is 0.426 e. The van der Waals surface area contributed by atoms with Gasteiger partial charge in [-0.25, -0.2) is 4.79 Å². The van der Waals surface area contributed by atoms with Crippen LogP contribution in [-0.2, 0) is 24.4 Å². The molecule has 140 valence electrons. The summed E-state index contributed by atoms with van der Waals surface area (Å²) in [6.45, 7) is -0.556. The van der Waals surface area contributed by atoms with Gasteiger partial charge in [-0.05, 0) is 40.8 Å². The van der Waals surface area contributed by atoms with Gasteiger partial charge in [0.05, 0.1) is 12.0 Å². The zero-order valence-electron chi connectivity index (χ0n) is 12.3. The molecule has 0 fully saturated rings. The van der Waals surface area contributed by atoms with Gasteiger partial charge in [-0.3, -0.25) is 9.35 Å². The van der Waals surface area contributed by atoms with E-state index < -0.39 is 53.1 Å². The van der Waals surface area contributed by atoms with Crippen molar-refractivity contribution in [2.24, 2.45) is 0 Å². The molecule has 25 heavy (non-hydrogen) atoms. The average molecular weight is 496 g/mol. The molecule has 0 saturated heterocycles. The highest BCUT2D eigenvalue weighted by molar-refractivity contribution is 14.1. The van der Waals surface area contributed by atoms with Gasteiger partial charge >= 0.3 is 18.1 Å². The Labute approximate surface area is 154 Å². The van der Waals surface area contributed by atoms with Crippen molar-refractivity contribution in [3.05, 3.63) is 33.4 Å². The molecular formula is C13H12F3IO7S. The molecule has 1 unspecified atom stereocenters. The Morgan fingerprint density at radius 1 is 1.28 bits per heavy atom. The van der Waals surface area contributed by atoms with Crippen molar-refractivity contribution in [2.75, 3.05) is 12.4 Å². The van der Waals surface area contributed by atoms with Gasteiger partial charge in [0.1, 0.15) is 12.4 Å². The quantitative estimate of drug-likeness (QED) is 0.351. The summed E-state index contributed by atoms with van der Waals surface area (Å²) in [4.78, 5) is 23.0. The topological polar surface area (TPSA) is 107 Å². The van der Waals surface area contributed by atoms with Crippen LogP contribution in [0.1, 0.15) is 16.8 Å². The van der Waals surface area contributed by atoms with Crippen molar-refractivity contribution < 1.29 is 45.2 Å². The normalized spacial score (nSPS) is 13.2. The van der Waals surface area contributed by atoms with Crippen LogP contribution in [0.15, 0.2) is 24.3 Å². The lowest BCUT2D eigenvalue weighted by Crippen LogP contribution is -2.39. The first-order chi connectivity index (χ1) is 11.4. The first kappa shape index (κ1) is 21.6.